The zero-order chi connectivity index (χ0) is 24.8. The van der Waals surface area contributed by atoms with Gasteiger partial charge < -0.3 is 30.0 Å². The molecule has 0 atom stereocenters. The number of likely N-dealkylation sites (tertiary alicyclic amines) is 1. The van der Waals surface area contributed by atoms with E-state index in [9.17, 15) is 10.1 Å². The summed E-state index contributed by atoms with van der Waals surface area (Å²) >= 11 is 0. The van der Waals surface area contributed by atoms with Gasteiger partial charge in [-0.1, -0.05) is 6.58 Å². The molecule has 4 heterocycles. The van der Waals surface area contributed by atoms with E-state index in [1.54, 1.807) is 23.9 Å². The van der Waals surface area contributed by atoms with E-state index in [4.69, 9.17) is 15.2 Å². The molecule has 0 radical (unpaired) electrons. The quantitative estimate of drug-likeness (QED) is 0.620. The maximum absolute atomic E-state index is 12.2. The first-order valence-electron chi connectivity index (χ1n) is 11.9. The molecule has 9 heteroatoms. The highest BCUT2D eigenvalue weighted by atomic mass is 16.6. The van der Waals surface area contributed by atoms with Crippen molar-refractivity contribution < 1.29 is 9.47 Å². The van der Waals surface area contributed by atoms with Gasteiger partial charge in [0.2, 0.25) is 0 Å². The van der Waals surface area contributed by atoms with Crippen molar-refractivity contribution in [3.05, 3.63) is 75.8 Å². The molecule has 9 nitrogen and oxygen atoms in total. The molecular formula is C26H32N6O3. The summed E-state index contributed by atoms with van der Waals surface area (Å²) in [5.74, 6) is 1.17. The minimum atomic E-state index is -0.0994. The summed E-state index contributed by atoms with van der Waals surface area (Å²) in [5, 5.41) is 13.2. The summed E-state index contributed by atoms with van der Waals surface area (Å²) in [7, 11) is 1.73. The Labute approximate surface area is 205 Å². The number of hydrogen-bond donors (Lipinski definition) is 2. The van der Waals surface area contributed by atoms with Crippen LogP contribution < -0.4 is 16.6 Å². The van der Waals surface area contributed by atoms with Crippen molar-refractivity contribution >= 4 is 11.0 Å². The van der Waals surface area contributed by atoms with Crippen LogP contribution in [0.2, 0.25) is 0 Å². The maximum Gasteiger partial charge on any atom is 0.250 e. The number of nitrogens with zero attached hydrogens (tertiary/aromatic N) is 4. The van der Waals surface area contributed by atoms with Crippen molar-refractivity contribution in [2.45, 2.75) is 25.3 Å². The predicted octanol–water partition coefficient (Wildman–Crippen LogP) is 1.69. The number of rotatable bonds is 7. The first kappa shape index (κ1) is 24.5. The third-order valence-corrected chi connectivity index (χ3v) is 6.57. The average molecular weight is 477 g/mol. The van der Waals surface area contributed by atoms with Gasteiger partial charge in [0, 0.05) is 44.6 Å². The van der Waals surface area contributed by atoms with Gasteiger partial charge in [-0.2, -0.15) is 5.26 Å². The van der Waals surface area contributed by atoms with E-state index >= 15 is 0 Å². The van der Waals surface area contributed by atoms with Gasteiger partial charge in [0.1, 0.15) is 19.3 Å². The summed E-state index contributed by atoms with van der Waals surface area (Å²) in [6.07, 6.45) is 7.64. The van der Waals surface area contributed by atoms with Crippen LogP contribution in [0.3, 0.4) is 0 Å². The first-order valence-corrected chi connectivity index (χ1v) is 11.9. The van der Waals surface area contributed by atoms with Gasteiger partial charge in [-0.15, -0.1) is 0 Å². The fourth-order valence-corrected chi connectivity index (χ4v) is 4.60. The zero-order valence-electron chi connectivity index (χ0n) is 20.1. The molecule has 2 saturated heterocycles. The zero-order valence-corrected chi connectivity index (χ0v) is 20.1. The third-order valence-electron chi connectivity index (χ3n) is 6.57. The van der Waals surface area contributed by atoms with Crippen LogP contribution in [0.1, 0.15) is 24.0 Å². The maximum atomic E-state index is 12.2. The van der Waals surface area contributed by atoms with Gasteiger partial charge in [0.25, 0.3) is 5.56 Å². The molecule has 2 aliphatic heterocycles. The molecule has 3 N–H and O–H groups in total. The number of piperidine rings is 1. The lowest BCUT2D eigenvalue weighted by atomic mass is 10.0. The molecule has 0 amide bonds. The van der Waals surface area contributed by atoms with E-state index in [0.29, 0.717) is 49.3 Å². The van der Waals surface area contributed by atoms with Crippen LogP contribution in [0.25, 0.3) is 11.0 Å². The molecule has 0 saturated carbocycles. The second kappa shape index (κ2) is 11.2. The van der Waals surface area contributed by atoms with Crippen LogP contribution in [0, 0.1) is 11.3 Å². The van der Waals surface area contributed by atoms with Crippen molar-refractivity contribution in [2.24, 2.45) is 12.8 Å². The monoisotopic (exact) mass is 476 g/mol. The SMILES string of the molecule is C=C(/C=C1/OCCO/C1=C/N)CNC1CCN(CCc2c(C#N)cnc3ccc(=O)n(C)c23)CC1. The van der Waals surface area contributed by atoms with Gasteiger partial charge in [-0.3, -0.25) is 9.78 Å². The number of ether oxygens (including phenoxy) is 2. The van der Waals surface area contributed by atoms with E-state index in [0.717, 1.165) is 54.6 Å². The predicted molar refractivity (Wildman–Crippen MR) is 134 cm³/mol. The highest BCUT2D eigenvalue weighted by molar-refractivity contribution is 5.80. The van der Waals surface area contributed by atoms with E-state index in [1.807, 2.05) is 6.08 Å². The summed E-state index contributed by atoms with van der Waals surface area (Å²) < 4.78 is 12.7. The van der Waals surface area contributed by atoms with Crippen molar-refractivity contribution in [3.63, 3.8) is 0 Å². The van der Waals surface area contributed by atoms with Gasteiger partial charge >= 0.3 is 0 Å². The van der Waals surface area contributed by atoms with Crippen LogP contribution >= 0.6 is 0 Å². The number of pyridine rings is 2. The summed E-state index contributed by atoms with van der Waals surface area (Å²) in [4.78, 5) is 19.0. The number of nitriles is 1. The van der Waals surface area contributed by atoms with E-state index in [2.05, 4.69) is 27.8 Å². The molecule has 2 aliphatic rings. The molecule has 0 spiro atoms. The van der Waals surface area contributed by atoms with Crippen molar-refractivity contribution in [2.75, 3.05) is 39.4 Å². The van der Waals surface area contributed by atoms with Crippen molar-refractivity contribution in [1.82, 2.24) is 19.8 Å². The number of aryl methyl sites for hydroxylation is 1. The molecular weight excluding hydrogens is 444 g/mol. The molecule has 35 heavy (non-hydrogen) atoms. The van der Waals surface area contributed by atoms with Crippen LogP contribution in [0.15, 0.2) is 59.1 Å². The Morgan fingerprint density at radius 1 is 1.31 bits per heavy atom. The minimum absolute atomic E-state index is 0.0994. The number of nitrogens with two attached hydrogens (primary N) is 1. The fraction of sp³-hybridized carbons (Fsp3) is 0.423. The molecule has 2 aromatic heterocycles. The molecule has 2 aromatic rings. The number of hydrogen-bond acceptors (Lipinski definition) is 8. The lowest BCUT2D eigenvalue weighted by Crippen LogP contribution is -2.43. The van der Waals surface area contributed by atoms with E-state index in [-0.39, 0.29) is 5.56 Å². The van der Waals surface area contributed by atoms with Gasteiger partial charge in [-0.05, 0) is 55.6 Å². The lowest BCUT2D eigenvalue weighted by molar-refractivity contribution is 0.0591. The lowest BCUT2D eigenvalue weighted by Gasteiger charge is -2.32. The Morgan fingerprint density at radius 2 is 2.06 bits per heavy atom. The summed E-state index contributed by atoms with van der Waals surface area (Å²) in [5.41, 5.74) is 9.32. The van der Waals surface area contributed by atoms with Crippen LogP contribution in [-0.4, -0.2) is 59.9 Å². The topological polar surface area (TPSA) is 118 Å². The normalized spacial score (nSPS) is 19.4. The number of nitrogens with one attached hydrogen (secondary N) is 1. The van der Waals surface area contributed by atoms with E-state index in [1.165, 1.54) is 12.3 Å². The summed E-state index contributed by atoms with van der Waals surface area (Å²) in [6, 6.07) is 5.89. The van der Waals surface area contributed by atoms with Crippen molar-refractivity contribution in [3.8, 4) is 6.07 Å². The third kappa shape index (κ3) is 5.73. The van der Waals surface area contributed by atoms with Gasteiger partial charge in [0.15, 0.2) is 11.5 Å². The number of aromatic nitrogens is 2. The van der Waals surface area contributed by atoms with Crippen molar-refractivity contribution in [1.29, 1.82) is 5.26 Å². The average Bonchev–Trinajstić information content (AvgIpc) is 2.89. The fourth-order valence-electron chi connectivity index (χ4n) is 4.60. The molecule has 0 bridgehead atoms. The highest BCUT2D eigenvalue weighted by Gasteiger charge is 2.20. The molecule has 0 unspecified atom stereocenters. The standard InChI is InChI=1S/C26H32N6O3/c1-18(13-23-24(15-28)35-12-11-34-23)16-29-20-5-8-32(9-6-20)10-7-21-19(14-27)17-30-22-3-4-25(33)31(2)26(21)22/h3-4,13,15,17,20,29H,1,5-12,16,28H2,2H3/b23-13+,24-15+. The van der Waals surface area contributed by atoms with Gasteiger partial charge in [-0.25, -0.2) is 0 Å². The summed E-state index contributed by atoms with van der Waals surface area (Å²) in [6.45, 7) is 8.55. The second-order valence-corrected chi connectivity index (χ2v) is 8.87. The first-order chi connectivity index (χ1) is 17.0. The smallest absolute Gasteiger partial charge is 0.250 e. The Morgan fingerprint density at radius 3 is 2.77 bits per heavy atom. The minimum Gasteiger partial charge on any atom is -0.486 e. The molecule has 184 valence electrons. The Hall–Kier alpha value is -3.61. The van der Waals surface area contributed by atoms with E-state index < -0.39 is 0 Å². The van der Waals surface area contributed by atoms with Gasteiger partial charge in [0.05, 0.1) is 16.6 Å². The molecule has 2 fully saturated rings. The number of fused-ring (bicyclic) bond motifs is 1. The molecule has 0 aromatic carbocycles. The van der Waals surface area contributed by atoms with Crippen LogP contribution in [0.5, 0.6) is 0 Å². The highest BCUT2D eigenvalue weighted by Crippen LogP contribution is 2.21. The Kier molecular flexibility index (Phi) is 7.85. The largest absolute Gasteiger partial charge is 0.486 e. The Balaban J connectivity index is 1.30. The molecule has 4 rings (SSSR count). The van der Waals surface area contributed by atoms with Crippen LogP contribution in [-0.2, 0) is 22.9 Å². The second-order valence-electron chi connectivity index (χ2n) is 8.87. The van der Waals surface area contributed by atoms with Crippen LogP contribution in [0.4, 0.5) is 0 Å². The molecule has 0 aliphatic carbocycles. The Bertz CT molecular complexity index is 1250.